The van der Waals surface area contributed by atoms with Crippen LogP contribution in [0.2, 0.25) is 0 Å². The summed E-state index contributed by atoms with van der Waals surface area (Å²) in [6, 6.07) is -0.575. The fourth-order valence-corrected chi connectivity index (χ4v) is 4.43. The second-order valence-electron chi connectivity index (χ2n) is 8.62. The van der Waals surface area contributed by atoms with Crippen molar-refractivity contribution < 1.29 is 23.9 Å². The second kappa shape index (κ2) is 8.27. The number of esters is 1. The van der Waals surface area contributed by atoms with E-state index >= 15 is 0 Å². The maximum Gasteiger partial charge on any atom is 0.326 e. The fraction of sp³-hybridized carbons (Fsp3) is 0.789. The number of amides is 4. The highest BCUT2D eigenvalue weighted by Gasteiger charge is 2.56. The number of urea groups is 1. The summed E-state index contributed by atoms with van der Waals surface area (Å²) in [6.45, 7) is 7.86. The van der Waals surface area contributed by atoms with E-state index in [0.717, 1.165) is 24.2 Å². The molecule has 2 rings (SSSR count). The van der Waals surface area contributed by atoms with Gasteiger partial charge in [-0.25, -0.2) is 4.79 Å². The van der Waals surface area contributed by atoms with Crippen LogP contribution in [0, 0.1) is 11.3 Å². The van der Waals surface area contributed by atoms with Crippen LogP contribution in [0.4, 0.5) is 4.79 Å². The summed E-state index contributed by atoms with van der Waals surface area (Å²) in [6.07, 6.45) is 3.88. The minimum absolute atomic E-state index is 0.0757. The lowest BCUT2D eigenvalue weighted by atomic mass is 9.64. The van der Waals surface area contributed by atoms with Crippen LogP contribution in [0.3, 0.4) is 0 Å². The molecule has 0 aromatic heterocycles. The molecule has 1 spiro atoms. The van der Waals surface area contributed by atoms with Crippen molar-refractivity contribution in [3.63, 3.8) is 0 Å². The van der Waals surface area contributed by atoms with Gasteiger partial charge in [0.15, 0.2) is 6.61 Å². The molecule has 8 heteroatoms. The predicted octanol–water partition coefficient (Wildman–Crippen LogP) is 1.58. The van der Waals surface area contributed by atoms with E-state index < -0.39 is 36.6 Å². The van der Waals surface area contributed by atoms with Crippen molar-refractivity contribution in [1.29, 1.82) is 0 Å². The summed E-state index contributed by atoms with van der Waals surface area (Å²) >= 11 is 0. The molecule has 1 aliphatic heterocycles. The van der Waals surface area contributed by atoms with E-state index in [1.165, 1.54) is 0 Å². The SMILES string of the molecule is CCCCNC(=O)COC(=O)CN1C(=O)N[C@]2(C[C@H](C)CC(C)(C)C2)C1=O. The van der Waals surface area contributed by atoms with E-state index in [0.29, 0.717) is 19.4 Å². The highest BCUT2D eigenvalue weighted by molar-refractivity contribution is 6.08. The molecule has 2 atom stereocenters. The number of rotatable bonds is 7. The van der Waals surface area contributed by atoms with Crippen LogP contribution in [0.15, 0.2) is 0 Å². The molecule has 152 valence electrons. The van der Waals surface area contributed by atoms with Crippen molar-refractivity contribution in [2.45, 2.75) is 65.3 Å². The normalized spacial score (nSPS) is 26.8. The van der Waals surface area contributed by atoms with E-state index in [4.69, 9.17) is 4.74 Å². The molecule has 2 N–H and O–H groups in total. The number of carbonyl (C=O) groups excluding carboxylic acids is 4. The molecule has 4 amide bonds. The molecule has 1 aliphatic carbocycles. The summed E-state index contributed by atoms with van der Waals surface area (Å²) in [5.41, 5.74) is -1.02. The first-order chi connectivity index (χ1) is 12.6. The van der Waals surface area contributed by atoms with Crippen molar-refractivity contribution in [2.75, 3.05) is 19.7 Å². The number of ether oxygens (including phenoxy) is 1. The van der Waals surface area contributed by atoms with Gasteiger partial charge in [0.25, 0.3) is 11.8 Å². The quantitative estimate of drug-likeness (QED) is 0.396. The molecule has 0 bridgehead atoms. The van der Waals surface area contributed by atoms with Gasteiger partial charge < -0.3 is 15.4 Å². The lowest BCUT2D eigenvalue weighted by Crippen LogP contribution is -2.54. The number of hydrogen-bond donors (Lipinski definition) is 2. The zero-order chi connectivity index (χ0) is 20.2. The molecule has 27 heavy (non-hydrogen) atoms. The molecule has 1 saturated carbocycles. The molecule has 0 unspecified atom stereocenters. The van der Waals surface area contributed by atoms with E-state index in [1.807, 2.05) is 6.92 Å². The monoisotopic (exact) mass is 381 g/mol. The number of unbranched alkanes of at least 4 members (excludes halogenated alkanes) is 1. The fourth-order valence-electron chi connectivity index (χ4n) is 4.43. The standard InChI is InChI=1S/C19H31N3O5/c1-5-6-7-20-14(23)11-27-15(24)10-22-16(25)19(21-17(22)26)9-13(2)8-18(3,4)12-19/h13H,5-12H2,1-4H3,(H,20,23)(H,21,26)/t13-,19+/m1/s1. The van der Waals surface area contributed by atoms with E-state index in [1.54, 1.807) is 0 Å². The van der Waals surface area contributed by atoms with Gasteiger partial charge in [0, 0.05) is 6.54 Å². The van der Waals surface area contributed by atoms with Crippen molar-refractivity contribution in [2.24, 2.45) is 11.3 Å². The molecular weight excluding hydrogens is 350 g/mol. The lowest BCUT2D eigenvalue weighted by molar-refractivity contribution is -0.151. The van der Waals surface area contributed by atoms with Gasteiger partial charge in [-0.1, -0.05) is 34.1 Å². The maximum absolute atomic E-state index is 12.9. The van der Waals surface area contributed by atoms with Crippen LogP contribution < -0.4 is 10.6 Å². The van der Waals surface area contributed by atoms with E-state index in [2.05, 4.69) is 31.4 Å². The highest BCUT2D eigenvalue weighted by Crippen LogP contribution is 2.46. The zero-order valence-corrected chi connectivity index (χ0v) is 16.7. The number of hydrogen-bond acceptors (Lipinski definition) is 5. The number of nitrogens with one attached hydrogen (secondary N) is 2. The molecule has 1 saturated heterocycles. The minimum atomic E-state index is -0.948. The Balaban J connectivity index is 1.91. The number of nitrogens with zero attached hydrogens (tertiary/aromatic N) is 1. The lowest BCUT2D eigenvalue weighted by Gasteiger charge is -2.43. The van der Waals surface area contributed by atoms with Gasteiger partial charge in [0.2, 0.25) is 0 Å². The molecule has 2 fully saturated rings. The summed E-state index contributed by atoms with van der Waals surface area (Å²) in [4.78, 5) is 49.8. The van der Waals surface area contributed by atoms with Crippen LogP contribution >= 0.6 is 0 Å². The van der Waals surface area contributed by atoms with Crippen molar-refractivity contribution in [3.8, 4) is 0 Å². The third kappa shape index (κ3) is 5.20. The topological polar surface area (TPSA) is 105 Å². The minimum Gasteiger partial charge on any atom is -0.454 e. The molecule has 0 radical (unpaired) electrons. The Labute approximate surface area is 160 Å². The van der Waals surface area contributed by atoms with Gasteiger partial charge in [0.1, 0.15) is 12.1 Å². The average molecular weight is 381 g/mol. The Bertz CT molecular complexity index is 618. The van der Waals surface area contributed by atoms with Crippen molar-refractivity contribution in [3.05, 3.63) is 0 Å². The summed E-state index contributed by atoms with van der Waals surface area (Å²) in [7, 11) is 0. The molecule has 8 nitrogen and oxygen atoms in total. The molecule has 2 aliphatic rings. The molecule has 0 aromatic rings. The Kier molecular flexibility index (Phi) is 6.49. The zero-order valence-electron chi connectivity index (χ0n) is 16.7. The van der Waals surface area contributed by atoms with Gasteiger partial charge in [0.05, 0.1) is 0 Å². The smallest absolute Gasteiger partial charge is 0.326 e. The Morgan fingerprint density at radius 2 is 2.00 bits per heavy atom. The van der Waals surface area contributed by atoms with Crippen LogP contribution in [0.25, 0.3) is 0 Å². The third-order valence-electron chi connectivity index (χ3n) is 5.13. The largest absolute Gasteiger partial charge is 0.454 e. The third-order valence-corrected chi connectivity index (χ3v) is 5.13. The first-order valence-electron chi connectivity index (χ1n) is 9.65. The first-order valence-corrected chi connectivity index (χ1v) is 9.65. The Hall–Kier alpha value is -2.12. The van der Waals surface area contributed by atoms with E-state index in [-0.39, 0.29) is 17.2 Å². The summed E-state index contributed by atoms with van der Waals surface area (Å²) < 4.78 is 4.91. The van der Waals surface area contributed by atoms with Gasteiger partial charge >= 0.3 is 12.0 Å². The summed E-state index contributed by atoms with van der Waals surface area (Å²) in [5.74, 6) is -1.26. The Morgan fingerprint density at radius 3 is 2.63 bits per heavy atom. The maximum atomic E-state index is 12.9. The van der Waals surface area contributed by atoms with Crippen LogP contribution in [-0.2, 0) is 19.1 Å². The molecule has 1 heterocycles. The number of carbonyl (C=O) groups is 4. The van der Waals surface area contributed by atoms with Gasteiger partial charge in [-0.15, -0.1) is 0 Å². The second-order valence-corrected chi connectivity index (χ2v) is 8.62. The van der Waals surface area contributed by atoms with E-state index in [9.17, 15) is 19.2 Å². The first kappa shape index (κ1) is 21.2. The Morgan fingerprint density at radius 1 is 1.30 bits per heavy atom. The average Bonchev–Trinajstić information content (AvgIpc) is 2.75. The highest BCUT2D eigenvalue weighted by atomic mass is 16.5. The van der Waals surface area contributed by atoms with Crippen molar-refractivity contribution >= 4 is 23.8 Å². The van der Waals surface area contributed by atoms with Crippen LogP contribution in [-0.4, -0.2) is 54.0 Å². The van der Waals surface area contributed by atoms with Gasteiger partial charge in [-0.3, -0.25) is 19.3 Å². The van der Waals surface area contributed by atoms with Crippen LogP contribution in [0.1, 0.15) is 59.8 Å². The van der Waals surface area contributed by atoms with Gasteiger partial charge in [-0.05, 0) is 37.0 Å². The predicted molar refractivity (Wildman–Crippen MR) is 98.6 cm³/mol. The summed E-state index contributed by atoms with van der Waals surface area (Å²) in [5, 5.41) is 5.44. The van der Waals surface area contributed by atoms with Crippen molar-refractivity contribution in [1.82, 2.24) is 15.5 Å². The number of imide groups is 1. The van der Waals surface area contributed by atoms with Crippen LogP contribution in [0.5, 0.6) is 0 Å². The molecule has 0 aromatic carbocycles. The van der Waals surface area contributed by atoms with Gasteiger partial charge in [-0.2, -0.15) is 0 Å². The molecular formula is C19H31N3O5.